The molecule has 21 heavy (non-hydrogen) atoms. The summed E-state index contributed by atoms with van der Waals surface area (Å²) in [5, 5.41) is 3.47. The van der Waals surface area contributed by atoms with Gasteiger partial charge >= 0.3 is 0 Å². The highest BCUT2D eigenvalue weighted by Gasteiger charge is 2.24. The maximum atomic E-state index is 3.76. The molecule has 0 radical (unpaired) electrons. The fourth-order valence-electron chi connectivity index (χ4n) is 2.61. The van der Waals surface area contributed by atoms with Crippen LogP contribution in [0.5, 0.6) is 0 Å². The van der Waals surface area contributed by atoms with Gasteiger partial charge in [-0.15, -0.1) is 0 Å². The van der Waals surface area contributed by atoms with Gasteiger partial charge in [0.1, 0.15) is 0 Å². The van der Waals surface area contributed by atoms with Crippen molar-refractivity contribution in [2.45, 2.75) is 59.2 Å². The monoisotopic (exact) mass is 352 g/mol. The van der Waals surface area contributed by atoms with Crippen LogP contribution in [0.3, 0.4) is 0 Å². The van der Waals surface area contributed by atoms with Crippen LogP contribution >= 0.6 is 15.9 Å². The molecule has 1 aliphatic carbocycles. The van der Waals surface area contributed by atoms with Crippen LogP contribution < -0.4 is 5.32 Å². The summed E-state index contributed by atoms with van der Waals surface area (Å²) in [5.74, 6) is 0.963. The molecular formula is C18H29BrN2. The van der Waals surface area contributed by atoms with E-state index in [1.54, 1.807) is 0 Å². The molecule has 1 aromatic carbocycles. The molecule has 2 nitrogen and oxygen atoms in total. The first-order chi connectivity index (χ1) is 10.1. The van der Waals surface area contributed by atoms with Crippen LogP contribution in [0.4, 0.5) is 0 Å². The van der Waals surface area contributed by atoms with Crippen molar-refractivity contribution in [1.29, 1.82) is 0 Å². The normalized spacial score (nSPS) is 15.1. The highest BCUT2D eigenvalue weighted by molar-refractivity contribution is 9.10. The highest BCUT2D eigenvalue weighted by atomic mass is 79.9. The lowest BCUT2D eigenvalue weighted by Crippen LogP contribution is -2.26. The van der Waals surface area contributed by atoms with Gasteiger partial charge in [0.2, 0.25) is 0 Å². The molecule has 1 N–H and O–H groups in total. The largest absolute Gasteiger partial charge is 0.310 e. The summed E-state index contributed by atoms with van der Waals surface area (Å²) in [6.45, 7) is 11.1. The summed E-state index contributed by atoms with van der Waals surface area (Å²) in [5.41, 5.74) is 2.76. The van der Waals surface area contributed by atoms with E-state index in [0.29, 0.717) is 6.04 Å². The SMILES string of the molecule is CCCN(Cc1ccc(CNC(C)C)cc1Br)CC1CC1. The van der Waals surface area contributed by atoms with Crippen LogP contribution in [0.25, 0.3) is 0 Å². The van der Waals surface area contributed by atoms with Gasteiger partial charge in [-0.3, -0.25) is 4.90 Å². The maximum Gasteiger partial charge on any atom is 0.0245 e. The number of rotatable bonds is 9. The number of halogens is 1. The Morgan fingerprint density at radius 3 is 2.67 bits per heavy atom. The molecule has 1 fully saturated rings. The summed E-state index contributed by atoms with van der Waals surface area (Å²) in [6.07, 6.45) is 4.10. The topological polar surface area (TPSA) is 15.3 Å². The molecule has 3 heteroatoms. The maximum absolute atomic E-state index is 3.76. The van der Waals surface area contributed by atoms with Gasteiger partial charge in [0, 0.05) is 30.1 Å². The molecule has 0 saturated heterocycles. The average molecular weight is 353 g/mol. The second-order valence-electron chi connectivity index (χ2n) is 6.64. The number of nitrogens with zero attached hydrogens (tertiary/aromatic N) is 1. The number of benzene rings is 1. The second kappa shape index (κ2) is 8.30. The van der Waals surface area contributed by atoms with Gasteiger partial charge in [0.25, 0.3) is 0 Å². The van der Waals surface area contributed by atoms with Crippen LogP contribution in [0.15, 0.2) is 22.7 Å². The summed E-state index contributed by atoms with van der Waals surface area (Å²) >= 11 is 3.76. The average Bonchev–Trinajstić information content (AvgIpc) is 3.23. The van der Waals surface area contributed by atoms with Crippen molar-refractivity contribution in [1.82, 2.24) is 10.2 Å². The van der Waals surface area contributed by atoms with E-state index in [1.165, 1.54) is 48.0 Å². The van der Waals surface area contributed by atoms with Crippen molar-refractivity contribution in [3.05, 3.63) is 33.8 Å². The minimum Gasteiger partial charge on any atom is -0.310 e. The van der Waals surface area contributed by atoms with Crippen LogP contribution in [-0.4, -0.2) is 24.0 Å². The molecule has 0 unspecified atom stereocenters. The van der Waals surface area contributed by atoms with E-state index in [9.17, 15) is 0 Å². The molecule has 1 aromatic rings. The number of hydrogen-bond acceptors (Lipinski definition) is 2. The molecule has 118 valence electrons. The Morgan fingerprint density at radius 2 is 2.10 bits per heavy atom. The predicted octanol–water partition coefficient (Wildman–Crippen LogP) is 4.57. The van der Waals surface area contributed by atoms with E-state index < -0.39 is 0 Å². The quantitative estimate of drug-likeness (QED) is 0.700. The van der Waals surface area contributed by atoms with Crippen molar-refractivity contribution in [3.8, 4) is 0 Å². The Kier molecular flexibility index (Phi) is 6.72. The lowest BCUT2D eigenvalue weighted by Gasteiger charge is -2.22. The molecule has 0 heterocycles. The van der Waals surface area contributed by atoms with E-state index in [4.69, 9.17) is 0 Å². The zero-order valence-electron chi connectivity index (χ0n) is 13.7. The van der Waals surface area contributed by atoms with E-state index >= 15 is 0 Å². The van der Waals surface area contributed by atoms with E-state index in [-0.39, 0.29) is 0 Å². The molecule has 2 rings (SSSR count). The first-order valence-corrected chi connectivity index (χ1v) is 9.10. The third-order valence-corrected chi connectivity index (χ3v) is 4.72. The molecule has 0 bridgehead atoms. The lowest BCUT2D eigenvalue weighted by atomic mass is 10.1. The molecule has 1 aliphatic rings. The minimum absolute atomic E-state index is 0.530. The first kappa shape index (κ1) is 17.0. The Bertz CT molecular complexity index is 441. The number of hydrogen-bond donors (Lipinski definition) is 1. The Hall–Kier alpha value is -0.380. The number of nitrogens with one attached hydrogen (secondary N) is 1. The van der Waals surface area contributed by atoms with Crippen molar-refractivity contribution in [2.75, 3.05) is 13.1 Å². The van der Waals surface area contributed by atoms with E-state index in [1.807, 2.05) is 0 Å². The zero-order chi connectivity index (χ0) is 15.2. The Labute approximate surface area is 138 Å². The van der Waals surface area contributed by atoms with Gasteiger partial charge < -0.3 is 5.32 Å². The van der Waals surface area contributed by atoms with Gasteiger partial charge in [0.05, 0.1) is 0 Å². The first-order valence-electron chi connectivity index (χ1n) is 8.31. The van der Waals surface area contributed by atoms with E-state index in [2.05, 4.69) is 65.1 Å². The molecule has 0 aliphatic heterocycles. The summed E-state index contributed by atoms with van der Waals surface area (Å²) in [4.78, 5) is 2.61. The third kappa shape index (κ3) is 6.09. The zero-order valence-corrected chi connectivity index (χ0v) is 15.2. The van der Waals surface area contributed by atoms with Gasteiger partial charge in [-0.2, -0.15) is 0 Å². The van der Waals surface area contributed by atoms with Crippen molar-refractivity contribution in [3.63, 3.8) is 0 Å². The van der Waals surface area contributed by atoms with Gasteiger partial charge in [0.15, 0.2) is 0 Å². The van der Waals surface area contributed by atoms with Gasteiger partial charge in [-0.1, -0.05) is 48.8 Å². The van der Waals surface area contributed by atoms with Crippen molar-refractivity contribution in [2.24, 2.45) is 5.92 Å². The molecule has 0 spiro atoms. The van der Waals surface area contributed by atoms with Crippen LogP contribution in [0.1, 0.15) is 51.2 Å². The lowest BCUT2D eigenvalue weighted by molar-refractivity contribution is 0.254. The molecule has 0 atom stereocenters. The molecule has 0 amide bonds. The molecule has 0 aromatic heterocycles. The smallest absolute Gasteiger partial charge is 0.0245 e. The Morgan fingerprint density at radius 1 is 1.33 bits per heavy atom. The summed E-state index contributed by atoms with van der Waals surface area (Å²) in [6, 6.07) is 7.35. The summed E-state index contributed by atoms with van der Waals surface area (Å²) in [7, 11) is 0. The van der Waals surface area contributed by atoms with Crippen LogP contribution in [0.2, 0.25) is 0 Å². The minimum atomic E-state index is 0.530. The molecule has 1 saturated carbocycles. The van der Waals surface area contributed by atoms with Crippen molar-refractivity contribution < 1.29 is 0 Å². The van der Waals surface area contributed by atoms with Crippen LogP contribution in [-0.2, 0) is 13.1 Å². The highest BCUT2D eigenvalue weighted by Crippen LogP contribution is 2.30. The molecular weight excluding hydrogens is 324 g/mol. The second-order valence-corrected chi connectivity index (χ2v) is 7.49. The summed E-state index contributed by atoms with van der Waals surface area (Å²) < 4.78 is 1.25. The standard InChI is InChI=1S/C18H29BrN2/c1-4-9-21(12-15-5-6-15)13-17-8-7-16(10-18(17)19)11-20-14(2)3/h7-8,10,14-15,20H,4-6,9,11-13H2,1-3H3. The fourth-order valence-corrected chi connectivity index (χ4v) is 3.16. The Balaban J connectivity index is 1.94. The van der Waals surface area contributed by atoms with Crippen LogP contribution in [0, 0.1) is 5.92 Å². The third-order valence-electron chi connectivity index (χ3n) is 3.98. The van der Waals surface area contributed by atoms with Gasteiger partial charge in [-0.25, -0.2) is 0 Å². The predicted molar refractivity (Wildman–Crippen MR) is 94.4 cm³/mol. The van der Waals surface area contributed by atoms with Gasteiger partial charge in [-0.05, 0) is 48.9 Å². The van der Waals surface area contributed by atoms with Crippen molar-refractivity contribution >= 4 is 15.9 Å². The fraction of sp³-hybridized carbons (Fsp3) is 0.667. The van der Waals surface area contributed by atoms with E-state index in [0.717, 1.165) is 19.0 Å².